The lowest BCUT2D eigenvalue weighted by Gasteiger charge is -2.21. The summed E-state index contributed by atoms with van der Waals surface area (Å²) >= 11 is 1.86. The van der Waals surface area contributed by atoms with Crippen molar-refractivity contribution in [3.05, 3.63) is 0 Å². The number of carbonyl (C=O) groups is 1. The molecule has 0 radical (unpaired) electrons. The van der Waals surface area contributed by atoms with E-state index in [0.29, 0.717) is 6.54 Å². The molecule has 2 atom stereocenters. The van der Waals surface area contributed by atoms with E-state index in [1.54, 1.807) is 0 Å². The molecule has 2 saturated heterocycles. The standard InChI is InChI=1S/C10H17NO2S/c1-10(13)3-4-11(7-10)9(12)8-2-5-14-6-8/h8,13H,2-7H2,1H3. The third-order valence-electron chi connectivity index (χ3n) is 3.04. The zero-order chi connectivity index (χ0) is 10.2. The van der Waals surface area contributed by atoms with Crippen LogP contribution in [0.15, 0.2) is 0 Å². The second-order valence-corrected chi connectivity index (χ2v) is 5.72. The minimum atomic E-state index is -0.651. The van der Waals surface area contributed by atoms with Gasteiger partial charge in [-0.1, -0.05) is 0 Å². The van der Waals surface area contributed by atoms with Gasteiger partial charge < -0.3 is 10.0 Å². The molecular weight excluding hydrogens is 198 g/mol. The number of carbonyl (C=O) groups excluding carboxylic acids is 1. The third kappa shape index (κ3) is 2.06. The second-order valence-electron chi connectivity index (χ2n) is 4.57. The molecule has 0 spiro atoms. The largest absolute Gasteiger partial charge is 0.388 e. The zero-order valence-corrected chi connectivity index (χ0v) is 9.35. The summed E-state index contributed by atoms with van der Waals surface area (Å²) in [6.45, 7) is 3.06. The molecule has 2 rings (SSSR count). The summed E-state index contributed by atoms with van der Waals surface area (Å²) in [5.74, 6) is 2.56. The maximum Gasteiger partial charge on any atom is 0.226 e. The highest BCUT2D eigenvalue weighted by Gasteiger charge is 2.37. The molecule has 0 aromatic carbocycles. The van der Waals surface area contributed by atoms with E-state index in [0.717, 1.165) is 30.9 Å². The van der Waals surface area contributed by atoms with Crippen molar-refractivity contribution < 1.29 is 9.90 Å². The normalized spacial score (nSPS) is 37.9. The number of nitrogens with zero attached hydrogens (tertiary/aromatic N) is 1. The summed E-state index contributed by atoms with van der Waals surface area (Å²) < 4.78 is 0. The van der Waals surface area contributed by atoms with Crippen LogP contribution in [0.25, 0.3) is 0 Å². The van der Waals surface area contributed by atoms with Crippen LogP contribution in [0.1, 0.15) is 19.8 Å². The Morgan fingerprint density at radius 1 is 1.64 bits per heavy atom. The van der Waals surface area contributed by atoms with E-state index in [2.05, 4.69) is 0 Å². The van der Waals surface area contributed by atoms with Crippen LogP contribution in [0.5, 0.6) is 0 Å². The van der Waals surface area contributed by atoms with Crippen LogP contribution in [0.3, 0.4) is 0 Å². The minimum absolute atomic E-state index is 0.217. The van der Waals surface area contributed by atoms with Crippen molar-refractivity contribution in [1.29, 1.82) is 0 Å². The summed E-state index contributed by atoms with van der Waals surface area (Å²) in [6, 6.07) is 0. The van der Waals surface area contributed by atoms with Crippen LogP contribution in [-0.4, -0.2) is 46.1 Å². The molecule has 0 saturated carbocycles. The summed E-state index contributed by atoms with van der Waals surface area (Å²) in [7, 11) is 0. The van der Waals surface area contributed by atoms with Gasteiger partial charge in [-0.05, 0) is 25.5 Å². The topological polar surface area (TPSA) is 40.5 Å². The van der Waals surface area contributed by atoms with Gasteiger partial charge in [-0.3, -0.25) is 4.79 Å². The first-order valence-corrected chi connectivity index (χ1v) is 6.33. The van der Waals surface area contributed by atoms with E-state index in [-0.39, 0.29) is 11.8 Å². The Balaban J connectivity index is 1.92. The summed E-state index contributed by atoms with van der Waals surface area (Å²) in [4.78, 5) is 13.8. The molecule has 2 heterocycles. The summed E-state index contributed by atoms with van der Waals surface area (Å²) in [5.41, 5.74) is -0.651. The highest BCUT2D eigenvalue weighted by Crippen LogP contribution is 2.28. The van der Waals surface area contributed by atoms with E-state index in [1.807, 2.05) is 23.6 Å². The van der Waals surface area contributed by atoms with Crippen molar-refractivity contribution in [3.63, 3.8) is 0 Å². The van der Waals surface area contributed by atoms with E-state index in [1.165, 1.54) is 0 Å². The number of β-amino-alcohol motifs (C(OH)–C–C–N with tert-alkyl or cyclic N) is 1. The van der Waals surface area contributed by atoms with Crippen LogP contribution in [0.4, 0.5) is 0 Å². The zero-order valence-electron chi connectivity index (χ0n) is 8.53. The third-order valence-corrected chi connectivity index (χ3v) is 4.20. The van der Waals surface area contributed by atoms with Crippen molar-refractivity contribution in [2.24, 2.45) is 5.92 Å². The fraction of sp³-hybridized carbons (Fsp3) is 0.900. The number of likely N-dealkylation sites (tertiary alicyclic amines) is 1. The Morgan fingerprint density at radius 3 is 2.93 bits per heavy atom. The first-order valence-electron chi connectivity index (χ1n) is 5.17. The Kier molecular flexibility index (Phi) is 2.75. The Hall–Kier alpha value is -0.220. The SMILES string of the molecule is CC1(O)CCN(C(=O)C2CCSC2)C1. The number of aliphatic hydroxyl groups is 1. The number of amides is 1. The van der Waals surface area contributed by atoms with Gasteiger partial charge in [0.25, 0.3) is 0 Å². The molecule has 0 aromatic rings. The first kappa shape index (κ1) is 10.3. The van der Waals surface area contributed by atoms with Crippen molar-refractivity contribution in [2.75, 3.05) is 24.6 Å². The molecule has 0 bridgehead atoms. The predicted molar refractivity (Wildman–Crippen MR) is 57.3 cm³/mol. The van der Waals surface area contributed by atoms with Gasteiger partial charge in [-0.25, -0.2) is 0 Å². The Labute approximate surface area is 88.9 Å². The molecule has 2 unspecified atom stereocenters. The molecule has 0 aliphatic carbocycles. The smallest absolute Gasteiger partial charge is 0.226 e. The van der Waals surface area contributed by atoms with Gasteiger partial charge in [0.05, 0.1) is 5.60 Å². The average Bonchev–Trinajstić information content (AvgIpc) is 2.72. The highest BCUT2D eigenvalue weighted by atomic mass is 32.2. The average molecular weight is 215 g/mol. The van der Waals surface area contributed by atoms with Gasteiger partial charge in [0.15, 0.2) is 0 Å². The van der Waals surface area contributed by atoms with E-state index < -0.39 is 5.60 Å². The minimum Gasteiger partial charge on any atom is -0.388 e. The fourth-order valence-electron chi connectivity index (χ4n) is 2.12. The molecule has 80 valence electrons. The molecule has 14 heavy (non-hydrogen) atoms. The number of thioether (sulfide) groups is 1. The molecule has 2 aliphatic heterocycles. The van der Waals surface area contributed by atoms with Crippen LogP contribution in [0.2, 0.25) is 0 Å². The van der Waals surface area contributed by atoms with Gasteiger partial charge >= 0.3 is 0 Å². The number of rotatable bonds is 1. The van der Waals surface area contributed by atoms with Crippen molar-refractivity contribution >= 4 is 17.7 Å². The van der Waals surface area contributed by atoms with Gasteiger partial charge in [0.2, 0.25) is 5.91 Å². The molecule has 0 aromatic heterocycles. The van der Waals surface area contributed by atoms with Crippen LogP contribution in [-0.2, 0) is 4.79 Å². The molecular formula is C10H17NO2S. The molecule has 1 amide bonds. The molecule has 3 nitrogen and oxygen atoms in total. The van der Waals surface area contributed by atoms with Crippen molar-refractivity contribution in [1.82, 2.24) is 4.90 Å². The van der Waals surface area contributed by atoms with Crippen molar-refractivity contribution in [2.45, 2.75) is 25.4 Å². The van der Waals surface area contributed by atoms with Crippen LogP contribution in [0, 0.1) is 5.92 Å². The molecule has 1 N–H and O–H groups in total. The first-order chi connectivity index (χ1) is 6.58. The van der Waals surface area contributed by atoms with Crippen molar-refractivity contribution in [3.8, 4) is 0 Å². The highest BCUT2D eigenvalue weighted by molar-refractivity contribution is 7.99. The van der Waals surface area contributed by atoms with Crippen LogP contribution < -0.4 is 0 Å². The Morgan fingerprint density at radius 2 is 2.43 bits per heavy atom. The van der Waals surface area contributed by atoms with E-state index in [4.69, 9.17) is 0 Å². The lowest BCUT2D eigenvalue weighted by atomic mass is 10.1. The van der Waals surface area contributed by atoms with Gasteiger partial charge in [-0.15, -0.1) is 0 Å². The summed E-state index contributed by atoms with van der Waals surface area (Å²) in [6.07, 6.45) is 1.74. The number of hydrogen-bond acceptors (Lipinski definition) is 3. The van der Waals surface area contributed by atoms with Gasteiger partial charge in [0, 0.05) is 24.8 Å². The second kappa shape index (κ2) is 3.74. The van der Waals surface area contributed by atoms with Crippen LogP contribution >= 0.6 is 11.8 Å². The maximum atomic E-state index is 11.9. The molecule has 4 heteroatoms. The number of hydrogen-bond donors (Lipinski definition) is 1. The van der Waals surface area contributed by atoms with Gasteiger partial charge in [-0.2, -0.15) is 11.8 Å². The Bertz CT molecular complexity index is 236. The lowest BCUT2D eigenvalue weighted by Crippen LogP contribution is -2.37. The maximum absolute atomic E-state index is 11.9. The molecule has 2 fully saturated rings. The fourth-order valence-corrected chi connectivity index (χ4v) is 3.33. The monoisotopic (exact) mass is 215 g/mol. The van der Waals surface area contributed by atoms with Gasteiger partial charge in [0.1, 0.15) is 0 Å². The van der Waals surface area contributed by atoms with E-state index >= 15 is 0 Å². The molecule has 2 aliphatic rings. The summed E-state index contributed by atoms with van der Waals surface area (Å²) in [5, 5.41) is 9.76. The lowest BCUT2D eigenvalue weighted by molar-refractivity contribution is -0.134. The van der Waals surface area contributed by atoms with E-state index in [9.17, 15) is 9.90 Å². The quantitative estimate of drug-likeness (QED) is 0.701. The predicted octanol–water partition coefficient (Wildman–Crippen LogP) is 0.723.